The zero-order chi connectivity index (χ0) is 38.4. The van der Waals surface area contributed by atoms with Crippen LogP contribution >= 0.6 is 0 Å². The van der Waals surface area contributed by atoms with E-state index in [-0.39, 0.29) is 45.1 Å². The maximum atomic E-state index is 14.0. The molecular weight excluding hydrogens is 688 g/mol. The Labute approximate surface area is 319 Å². The van der Waals surface area contributed by atoms with Crippen LogP contribution in [0.4, 0.5) is 4.39 Å². The first-order valence-corrected chi connectivity index (χ1v) is 22.8. The van der Waals surface area contributed by atoms with Gasteiger partial charge in [0.15, 0.2) is 9.84 Å². The number of aliphatic hydroxyl groups is 1. The Morgan fingerprint density at radius 2 is 1.68 bits per heavy atom. The van der Waals surface area contributed by atoms with Gasteiger partial charge < -0.3 is 15.5 Å². The number of fused-ring (bicyclic) bond motifs is 7. The number of allylic oxidation sites excluding steroid dienone is 5. The van der Waals surface area contributed by atoms with Crippen molar-refractivity contribution < 1.29 is 27.8 Å². The van der Waals surface area contributed by atoms with Gasteiger partial charge in [0.2, 0.25) is 0 Å². The van der Waals surface area contributed by atoms with Crippen LogP contribution in [0.25, 0.3) is 0 Å². The van der Waals surface area contributed by atoms with Gasteiger partial charge in [-0.15, -0.1) is 0 Å². The second-order valence-corrected chi connectivity index (χ2v) is 22.8. The molecule has 0 amide bonds. The summed E-state index contributed by atoms with van der Waals surface area (Å²) >= 11 is 0. The van der Waals surface area contributed by atoms with E-state index in [9.17, 15) is 27.8 Å². The minimum absolute atomic E-state index is 0.0110. The minimum Gasteiger partial charge on any atom is -0.481 e. The van der Waals surface area contributed by atoms with Gasteiger partial charge in [-0.05, 0) is 146 Å². The van der Waals surface area contributed by atoms with E-state index in [2.05, 4.69) is 70.5 Å². The molecule has 0 radical (unpaired) electrons. The lowest BCUT2D eigenvalue weighted by molar-refractivity contribution is -0.221. The average molecular weight is 757 g/mol. The minimum atomic E-state index is -2.95. The first kappa shape index (κ1) is 39.7. The molecule has 9 heteroatoms. The fourth-order valence-electron chi connectivity index (χ4n) is 14.7. The number of carboxylic acid groups (broad SMARTS) is 1. The zero-order valence-corrected chi connectivity index (χ0v) is 34.4. The van der Waals surface area contributed by atoms with E-state index < -0.39 is 34.0 Å². The quantitative estimate of drug-likeness (QED) is 0.207. The fraction of sp³-hybridized carbons (Fsp3) is 0.841. The molecule has 298 valence electrons. The summed E-state index contributed by atoms with van der Waals surface area (Å²) in [6.45, 7) is 20.8. The van der Waals surface area contributed by atoms with E-state index in [1.54, 1.807) is 0 Å². The average Bonchev–Trinajstić information content (AvgIpc) is 3.49. The fourth-order valence-corrected chi connectivity index (χ4v) is 16.0. The van der Waals surface area contributed by atoms with Crippen molar-refractivity contribution in [2.45, 2.75) is 130 Å². The molecule has 7 aliphatic rings. The molecule has 2 unspecified atom stereocenters. The normalized spacial score (nSPS) is 45.4. The summed E-state index contributed by atoms with van der Waals surface area (Å²) in [6, 6.07) is 0. The Kier molecular flexibility index (Phi) is 10.1. The van der Waals surface area contributed by atoms with Gasteiger partial charge in [0.1, 0.15) is 6.67 Å². The number of carbonyl (C=O) groups is 1. The van der Waals surface area contributed by atoms with E-state index in [0.717, 1.165) is 25.7 Å². The summed E-state index contributed by atoms with van der Waals surface area (Å²) in [4.78, 5) is 14.1. The van der Waals surface area contributed by atoms with E-state index >= 15 is 0 Å². The van der Waals surface area contributed by atoms with Gasteiger partial charge in [0.25, 0.3) is 0 Å². The van der Waals surface area contributed by atoms with Gasteiger partial charge >= 0.3 is 5.97 Å². The number of hydrogen-bond donors (Lipinski definition) is 3. The number of aliphatic carboxylic acids is 1. The third-order valence-corrected chi connectivity index (χ3v) is 19.5. The van der Waals surface area contributed by atoms with Gasteiger partial charge in [0, 0.05) is 31.7 Å². The van der Waals surface area contributed by atoms with Crippen molar-refractivity contribution in [3.63, 3.8) is 0 Å². The van der Waals surface area contributed by atoms with Crippen LogP contribution in [0, 0.1) is 56.7 Å². The van der Waals surface area contributed by atoms with Crippen molar-refractivity contribution >= 4 is 15.8 Å². The van der Waals surface area contributed by atoms with Gasteiger partial charge in [-0.1, -0.05) is 58.9 Å². The van der Waals surface area contributed by atoms with Crippen molar-refractivity contribution in [2.24, 2.45) is 56.7 Å². The zero-order valence-electron chi connectivity index (χ0n) is 33.6. The van der Waals surface area contributed by atoms with Gasteiger partial charge in [0.05, 0.1) is 23.0 Å². The summed E-state index contributed by atoms with van der Waals surface area (Å²) in [5, 5.41) is 25.1. The lowest BCUT2D eigenvalue weighted by atomic mass is 9.33. The molecule has 7 rings (SSSR count). The highest BCUT2D eigenvalue weighted by Gasteiger charge is 2.70. The number of carboxylic acids is 1. The second-order valence-electron chi connectivity index (χ2n) is 20.5. The summed E-state index contributed by atoms with van der Waals surface area (Å²) in [5.74, 6) is 2.05. The van der Waals surface area contributed by atoms with Crippen LogP contribution in [-0.4, -0.2) is 85.5 Å². The lowest BCUT2D eigenvalue weighted by Gasteiger charge is -2.72. The molecule has 1 saturated heterocycles. The first-order chi connectivity index (χ1) is 24.8. The summed E-state index contributed by atoms with van der Waals surface area (Å²) in [5.41, 5.74) is 3.19. The van der Waals surface area contributed by atoms with Crippen molar-refractivity contribution in [3.8, 4) is 0 Å². The maximum absolute atomic E-state index is 14.0. The molecule has 11 atom stereocenters. The van der Waals surface area contributed by atoms with Crippen LogP contribution in [0.1, 0.15) is 119 Å². The first-order valence-electron chi connectivity index (χ1n) is 21.0. The van der Waals surface area contributed by atoms with Crippen LogP contribution in [0.2, 0.25) is 0 Å². The number of rotatable bonds is 9. The Morgan fingerprint density at radius 3 is 2.30 bits per heavy atom. The van der Waals surface area contributed by atoms with E-state index in [1.807, 2.05) is 0 Å². The highest BCUT2D eigenvalue weighted by atomic mass is 32.2. The number of nitrogens with one attached hydrogen (secondary N) is 1. The number of halogens is 1. The molecule has 1 aliphatic heterocycles. The van der Waals surface area contributed by atoms with Gasteiger partial charge in [-0.25, -0.2) is 12.8 Å². The molecule has 0 bridgehead atoms. The third-order valence-electron chi connectivity index (χ3n) is 17.9. The molecule has 0 spiro atoms. The molecule has 3 N–H and O–H groups in total. The maximum Gasteiger partial charge on any atom is 0.312 e. The molecule has 7 nitrogen and oxygen atoms in total. The van der Waals surface area contributed by atoms with E-state index in [4.69, 9.17) is 0 Å². The number of alkyl halides is 1. The highest BCUT2D eigenvalue weighted by molar-refractivity contribution is 7.91. The summed E-state index contributed by atoms with van der Waals surface area (Å²) < 4.78 is 37.9. The SMILES string of the molecule is C=C(C)[C@@H]1CC[C@]2(NCC(O)CN3CCS(=O)(=O)CC3)CC[C@]3(C)[C@H](CC[C@@H]4[C@@]5(C)CC=C(C6=CCC(CF)(C(=O)O)CC6)C(C)(C)[C@@H]5CC[C@]43C)[C@@H]12. The number of sulfone groups is 1. The molecule has 0 aromatic carbocycles. The second kappa shape index (κ2) is 13.5. The van der Waals surface area contributed by atoms with E-state index in [1.165, 1.54) is 48.8 Å². The number of nitrogens with zero attached hydrogens (tertiary/aromatic N) is 1. The third kappa shape index (κ3) is 6.18. The standard InChI is InChI=1S/C44H69FN2O5S/c1-29(2)32-12-19-44(46-26-31(48)27-47-22-24-53(51,52)25-23-47)21-20-41(6)34(37(32)44)8-9-36-40(5)15-13-33(39(3,4)35(40)14-16-42(36,41)7)30-10-17-43(28-45,18-11-30)38(49)50/h10,13,31-32,34-37,46,48H,1,8-9,11-12,14-28H2,2-7H3,(H,49,50)/t31?,32-,34+,35-,36+,37+,40-,41+,42+,43?,44-/m0/s1. The molecule has 1 heterocycles. The summed E-state index contributed by atoms with van der Waals surface area (Å²) in [6.07, 6.45) is 15.8. The van der Waals surface area contributed by atoms with Crippen LogP contribution in [0.3, 0.4) is 0 Å². The molecule has 53 heavy (non-hydrogen) atoms. The number of β-amino-alcohol motifs (C(OH)–C–C–N with tert-alkyl or cyclic N) is 1. The molecule has 4 saturated carbocycles. The number of aliphatic hydroxyl groups excluding tert-OH is 1. The van der Waals surface area contributed by atoms with Gasteiger partial charge in [-0.2, -0.15) is 0 Å². The van der Waals surface area contributed by atoms with E-state index in [0.29, 0.717) is 68.6 Å². The predicted octanol–water partition coefficient (Wildman–Crippen LogP) is 7.76. The monoisotopic (exact) mass is 756 g/mol. The highest BCUT2D eigenvalue weighted by Crippen LogP contribution is 2.76. The predicted molar refractivity (Wildman–Crippen MR) is 210 cm³/mol. The van der Waals surface area contributed by atoms with Crippen LogP contribution < -0.4 is 5.32 Å². The Balaban J connectivity index is 1.12. The number of hydrogen-bond acceptors (Lipinski definition) is 6. The van der Waals surface area contributed by atoms with Crippen molar-refractivity contribution in [1.29, 1.82) is 0 Å². The molecular formula is C44H69FN2O5S. The lowest BCUT2D eigenvalue weighted by Crippen LogP contribution is -2.68. The molecule has 6 aliphatic carbocycles. The Bertz CT molecular complexity index is 1640. The Hall–Kier alpha value is -1.55. The Morgan fingerprint density at radius 1 is 0.962 bits per heavy atom. The molecule has 5 fully saturated rings. The van der Waals surface area contributed by atoms with Crippen molar-refractivity contribution in [1.82, 2.24) is 10.2 Å². The molecule has 0 aromatic rings. The van der Waals surface area contributed by atoms with Crippen molar-refractivity contribution in [3.05, 3.63) is 35.5 Å². The largest absolute Gasteiger partial charge is 0.481 e. The summed E-state index contributed by atoms with van der Waals surface area (Å²) in [7, 11) is -2.95. The molecule has 0 aromatic heterocycles. The smallest absolute Gasteiger partial charge is 0.312 e. The topological polar surface area (TPSA) is 107 Å². The van der Waals surface area contributed by atoms with Gasteiger partial charge in [-0.3, -0.25) is 9.69 Å². The van der Waals surface area contributed by atoms with Crippen LogP contribution in [0.5, 0.6) is 0 Å². The van der Waals surface area contributed by atoms with Crippen molar-refractivity contribution in [2.75, 3.05) is 44.4 Å². The van der Waals surface area contributed by atoms with Crippen LogP contribution in [0.15, 0.2) is 35.5 Å². The van der Waals surface area contributed by atoms with Crippen LogP contribution in [-0.2, 0) is 14.6 Å².